The minimum atomic E-state index is -4.36. The van der Waals surface area contributed by atoms with Crippen molar-refractivity contribution in [1.82, 2.24) is 5.32 Å². The highest BCUT2D eigenvalue weighted by Crippen LogP contribution is 2.13. The van der Waals surface area contributed by atoms with Crippen molar-refractivity contribution in [1.29, 1.82) is 0 Å². The van der Waals surface area contributed by atoms with Crippen molar-refractivity contribution >= 4 is 16.0 Å². The maximum atomic E-state index is 12.5. The number of unbranched alkanes of at least 4 members (excludes halogenated alkanes) is 21. The Labute approximate surface area is 315 Å². The van der Waals surface area contributed by atoms with Gasteiger partial charge in [-0.3, -0.25) is 9.35 Å². The average Bonchev–Trinajstić information content (AvgIpc) is 3.09. The topological polar surface area (TPSA) is 104 Å². The lowest BCUT2D eigenvalue weighted by Crippen LogP contribution is -2.46. The number of hydrogen-bond donors (Lipinski definition) is 3. The summed E-state index contributed by atoms with van der Waals surface area (Å²) >= 11 is 0. The second kappa shape index (κ2) is 37.8. The standard InChI is InChI=1S/C44H79NO5S/c1-3-5-7-9-11-13-15-17-19-20-21-22-23-24-26-28-30-32-34-36-38-40-44(47)45-42(41-51(48,49)50)43(46)39-37-35-33-31-29-27-25-18-16-14-12-10-8-6-4-2/h15-18,20-21,29,31,37,39,42-43,46H,3-14,19,22-28,30,32-36,38,40-41H2,1-2H3,(H,45,47)(H,48,49,50)/b17-15-,18-16+,21-20-,31-29+,39-37+. The molecule has 0 aliphatic carbocycles. The van der Waals surface area contributed by atoms with Gasteiger partial charge in [0.05, 0.1) is 17.9 Å². The van der Waals surface area contributed by atoms with E-state index in [0.717, 1.165) is 57.8 Å². The molecule has 0 saturated carbocycles. The van der Waals surface area contributed by atoms with Gasteiger partial charge in [0.2, 0.25) is 5.91 Å². The van der Waals surface area contributed by atoms with E-state index < -0.39 is 28.0 Å². The third-order valence-electron chi connectivity index (χ3n) is 9.14. The van der Waals surface area contributed by atoms with E-state index in [2.05, 4.69) is 67.8 Å². The third kappa shape index (κ3) is 39.1. The molecule has 0 fully saturated rings. The minimum Gasteiger partial charge on any atom is -0.387 e. The molecule has 0 rings (SSSR count). The molecular weight excluding hydrogens is 655 g/mol. The third-order valence-corrected chi connectivity index (χ3v) is 9.92. The van der Waals surface area contributed by atoms with Crippen LogP contribution in [0.5, 0.6) is 0 Å². The number of rotatable bonds is 37. The lowest BCUT2D eigenvalue weighted by molar-refractivity contribution is -0.122. The van der Waals surface area contributed by atoms with Crippen LogP contribution in [-0.4, -0.2) is 41.9 Å². The smallest absolute Gasteiger partial charge is 0.267 e. The van der Waals surface area contributed by atoms with Gasteiger partial charge >= 0.3 is 0 Å². The minimum absolute atomic E-state index is 0.277. The van der Waals surface area contributed by atoms with E-state index >= 15 is 0 Å². The number of amides is 1. The molecule has 6 nitrogen and oxygen atoms in total. The summed E-state index contributed by atoms with van der Waals surface area (Å²) in [6.07, 6.45) is 52.0. The highest BCUT2D eigenvalue weighted by atomic mass is 32.2. The molecule has 296 valence electrons. The highest BCUT2D eigenvalue weighted by Gasteiger charge is 2.24. The summed E-state index contributed by atoms with van der Waals surface area (Å²) < 4.78 is 32.5. The molecule has 0 aromatic carbocycles. The van der Waals surface area contributed by atoms with E-state index in [4.69, 9.17) is 0 Å². The van der Waals surface area contributed by atoms with Crippen LogP contribution in [0.15, 0.2) is 60.8 Å². The van der Waals surface area contributed by atoms with Crippen LogP contribution in [0.25, 0.3) is 0 Å². The number of carbonyl (C=O) groups is 1. The van der Waals surface area contributed by atoms with E-state index in [1.165, 1.54) is 115 Å². The lowest BCUT2D eigenvalue weighted by atomic mass is 10.1. The van der Waals surface area contributed by atoms with Crippen LogP contribution in [-0.2, 0) is 14.9 Å². The van der Waals surface area contributed by atoms with Gasteiger partial charge in [0, 0.05) is 6.42 Å². The molecule has 2 atom stereocenters. The first kappa shape index (κ1) is 49.0. The van der Waals surface area contributed by atoms with Crippen molar-refractivity contribution in [2.75, 3.05) is 5.75 Å². The van der Waals surface area contributed by atoms with Gasteiger partial charge in [-0.2, -0.15) is 8.42 Å². The summed E-state index contributed by atoms with van der Waals surface area (Å²) in [5, 5.41) is 13.2. The number of allylic oxidation sites excluding steroid dienone is 9. The van der Waals surface area contributed by atoms with Gasteiger partial charge in [-0.1, -0.05) is 171 Å². The van der Waals surface area contributed by atoms with Crippen LogP contribution < -0.4 is 5.32 Å². The summed E-state index contributed by atoms with van der Waals surface area (Å²) in [6.45, 7) is 4.49. The summed E-state index contributed by atoms with van der Waals surface area (Å²) in [4.78, 5) is 12.5. The van der Waals surface area contributed by atoms with Gasteiger partial charge < -0.3 is 10.4 Å². The lowest BCUT2D eigenvalue weighted by Gasteiger charge is -2.21. The van der Waals surface area contributed by atoms with Crippen LogP contribution in [0, 0.1) is 0 Å². The molecule has 51 heavy (non-hydrogen) atoms. The Morgan fingerprint density at radius 3 is 1.35 bits per heavy atom. The molecule has 0 heterocycles. The summed E-state index contributed by atoms with van der Waals surface area (Å²) in [6, 6.07) is -1.08. The predicted octanol–water partition coefficient (Wildman–Crippen LogP) is 12.5. The van der Waals surface area contributed by atoms with Crippen LogP contribution in [0.3, 0.4) is 0 Å². The van der Waals surface area contributed by atoms with Crippen LogP contribution >= 0.6 is 0 Å². The van der Waals surface area contributed by atoms with Gasteiger partial charge in [-0.05, 0) is 77.0 Å². The largest absolute Gasteiger partial charge is 0.387 e. The molecule has 0 aromatic rings. The first-order valence-electron chi connectivity index (χ1n) is 21.0. The van der Waals surface area contributed by atoms with Crippen molar-refractivity contribution in [3.8, 4) is 0 Å². The zero-order valence-corrected chi connectivity index (χ0v) is 33.8. The second-order valence-electron chi connectivity index (χ2n) is 14.2. The van der Waals surface area contributed by atoms with Crippen LogP contribution in [0.2, 0.25) is 0 Å². The molecule has 0 bridgehead atoms. The quantitative estimate of drug-likeness (QED) is 0.0335. The molecule has 0 aliphatic heterocycles. The van der Waals surface area contributed by atoms with Gasteiger partial charge in [0.25, 0.3) is 10.1 Å². The maximum absolute atomic E-state index is 12.5. The average molecular weight is 734 g/mol. The van der Waals surface area contributed by atoms with Crippen LogP contribution in [0.4, 0.5) is 0 Å². The first-order chi connectivity index (χ1) is 24.8. The predicted molar refractivity (Wildman–Crippen MR) is 221 cm³/mol. The second-order valence-corrected chi connectivity index (χ2v) is 15.7. The zero-order chi connectivity index (χ0) is 37.5. The fourth-order valence-corrected chi connectivity index (χ4v) is 6.72. The van der Waals surface area contributed by atoms with Gasteiger partial charge in [-0.25, -0.2) is 0 Å². The van der Waals surface area contributed by atoms with E-state index in [1.807, 2.05) is 0 Å². The molecule has 7 heteroatoms. The van der Waals surface area contributed by atoms with Crippen molar-refractivity contribution in [2.24, 2.45) is 0 Å². The monoisotopic (exact) mass is 734 g/mol. The van der Waals surface area contributed by atoms with Crippen molar-refractivity contribution < 1.29 is 22.9 Å². The summed E-state index contributed by atoms with van der Waals surface area (Å²) in [5.41, 5.74) is 0. The maximum Gasteiger partial charge on any atom is 0.267 e. The molecule has 3 N–H and O–H groups in total. The molecule has 2 unspecified atom stereocenters. The number of carbonyl (C=O) groups excluding carboxylic acids is 1. The molecule has 0 radical (unpaired) electrons. The molecule has 0 aromatic heterocycles. The number of aliphatic hydroxyl groups is 1. The van der Waals surface area contributed by atoms with E-state index in [1.54, 1.807) is 6.08 Å². The van der Waals surface area contributed by atoms with Crippen molar-refractivity contribution in [2.45, 2.75) is 206 Å². The van der Waals surface area contributed by atoms with E-state index in [-0.39, 0.29) is 12.3 Å². The van der Waals surface area contributed by atoms with Crippen molar-refractivity contribution in [3.05, 3.63) is 60.8 Å². The normalized spacial score (nSPS) is 13.9. The fourth-order valence-electron chi connectivity index (χ4n) is 5.98. The van der Waals surface area contributed by atoms with Crippen LogP contribution in [0.1, 0.15) is 194 Å². The Morgan fingerprint density at radius 1 is 0.529 bits per heavy atom. The molecule has 0 spiro atoms. The first-order valence-corrected chi connectivity index (χ1v) is 22.6. The summed E-state index contributed by atoms with van der Waals surface area (Å²) in [5.74, 6) is -1.02. The van der Waals surface area contributed by atoms with Gasteiger partial charge in [0.1, 0.15) is 0 Å². The zero-order valence-electron chi connectivity index (χ0n) is 33.0. The molecular formula is C44H79NO5S. The van der Waals surface area contributed by atoms with Gasteiger partial charge in [0.15, 0.2) is 0 Å². The molecule has 0 saturated heterocycles. The number of aliphatic hydroxyl groups excluding tert-OH is 1. The Hall–Kier alpha value is -1.96. The SMILES string of the molecule is CCCCCCC/C=C\C/C=C\CCCCCCCCCCCC(=O)NC(CS(=O)(=O)O)C(O)/C=C/CC/C=C/CC/C=C/CCCCCCC. The highest BCUT2D eigenvalue weighted by molar-refractivity contribution is 7.85. The van der Waals surface area contributed by atoms with Gasteiger partial charge in [-0.15, -0.1) is 0 Å². The van der Waals surface area contributed by atoms with E-state index in [0.29, 0.717) is 6.42 Å². The Bertz CT molecular complexity index is 1030. The van der Waals surface area contributed by atoms with Crippen molar-refractivity contribution in [3.63, 3.8) is 0 Å². The molecule has 1 amide bonds. The Balaban J connectivity index is 3.97. The Morgan fingerprint density at radius 2 is 0.902 bits per heavy atom. The molecule has 0 aliphatic rings. The fraction of sp³-hybridized carbons (Fsp3) is 0.750. The Kier molecular flexibility index (Phi) is 36.3. The number of nitrogens with one attached hydrogen (secondary N) is 1. The number of hydrogen-bond acceptors (Lipinski definition) is 4. The summed E-state index contributed by atoms with van der Waals surface area (Å²) in [7, 11) is -4.36. The van der Waals surface area contributed by atoms with E-state index in [9.17, 15) is 22.9 Å².